The second kappa shape index (κ2) is 11.0. The highest BCUT2D eigenvalue weighted by molar-refractivity contribution is 6.22. The van der Waals surface area contributed by atoms with Crippen molar-refractivity contribution in [1.82, 2.24) is 14.5 Å². The summed E-state index contributed by atoms with van der Waals surface area (Å²) in [6, 6.07) is 62.6. The zero-order chi connectivity index (χ0) is 32.3. The predicted molar refractivity (Wildman–Crippen MR) is 205 cm³/mol. The Labute approximate surface area is 283 Å². The highest BCUT2D eigenvalue weighted by Crippen LogP contribution is 2.41. The van der Waals surface area contributed by atoms with Crippen molar-refractivity contribution in [3.05, 3.63) is 176 Å². The van der Waals surface area contributed by atoms with E-state index in [0.717, 1.165) is 33.7 Å². The Bertz CT molecular complexity index is 2810. The van der Waals surface area contributed by atoms with Crippen molar-refractivity contribution in [1.29, 1.82) is 0 Å². The van der Waals surface area contributed by atoms with Crippen LogP contribution in [0.15, 0.2) is 176 Å². The minimum Gasteiger partial charge on any atom is -0.294 e. The summed E-state index contributed by atoms with van der Waals surface area (Å²) in [6.07, 6.45) is 0. The zero-order valence-electron chi connectivity index (χ0n) is 26.6. The van der Waals surface area contributed by atoms with Gasteiger partial charge in [-0.1, -0.05) is 146 Å². The average molecular weight is 624 g/mol. The average Bonchev–Trinajstić information content (AvgIpc) is 3.53. The van der Waals surface area contributed by atoms with E-state index in [-0.39, 0.29) is 0 Å². The summed E-state index contributed by atoms with van der Waals surface area (Å²) in [5.74, 6) is 1.55. The van der Waals surface area contributed by atoms with Crippen molar-refractivity contribution < 1.29 is 0 Å². The van der Waals surface area contributed by atoms with Crippen LogP contribution in [0.2, 0.25) is 0 Å². The van der Waals surface area contributed by atoms with Gasteiger partial charge >= 0.3 is 0 Å². The highest BCUT2D eigenvalue weighted by atomic mass is 15.1. The van der Waals surface area contributed by atoms with Crippen LogP contribution in [0, 0.1) is 0 Å². The second-order valence-corrected chi connectivity index (χ2v) is 12.6. The molecule has 10 rings (SSSR count). The number of nitrogens with zero attached hydrogens (tertiary/aromatic N) is 3. The van der Waals surface area contributed by atoms with E-state index in [2.05, 4.69) is 156 Å². The van der Waals surface area contributed by atoms with Crippen LogP contribution in [-0.2, 0) is 0 Å². The Morgan fingerprint density at radius 3 is 1.84 bits per heavy atom. The maximum absolute atomic E-state index is 5.23. The lowest BCUT2D eigenvalue weighted by Gasteiger charge is -2.13. The molecule has 0 spiro atoms. The monoisotopic (exact) mass is 623 g/mol. The lowest BCUT2D eigenvalue weighted by molar-refractivity contribution is 1.05. The van der Waals surface area contributed by atoms with Gasteiger partial charge in [-0.25, -0.2) is 9.97 Å². The van der Waals surface area contributed by atoms with Gasteiger partial charge in [0, 0.05) is 28.0 Å². The lowest BCUT2D eigenvalue weighted by atomic mass is 9.91. The van der Waals surface area contributed by atoms with E-state index >= 15 is 0 Å². The molecule has 0 aliphatic rings. The van der Waals surface area contributed by atoms with E-state index in [0.29, 0.717) is 5.82 Å². The van der Waals surface area contributed by atoms with Gasteiger partial charge in [0.2, 0.25) is 0 Å². The SMILES string of the molecule is c1ccc(-c2cc(-n3c4ccccc4c4c5cc(-c6cc7ccccc7c7ccccc67)ccc5ccc43)nc(-c3ccccc3)n2)cc1. The van der Waals surface area contributed by atoms with Gasteiger partial charge in [-0.2, -0.15) is 0 Å². The summed E-state index contributed by atoms with van der Waals surface area (Å²) in [5, 5.41) is 9.92. The molecule has 10 aromatic rings. The molecule has 0 bridgehead atoms. The number of aromatic nitrogens is 3. The van der Waals surface area contributed by atoms with Crippen LogP contribution in [-0.4, -0.2) is 14.5 Å². The summed E-state index contributed by atoms with van der Waals surface area (Å²) in [7, 11) is 0. The van der Waals surface area contributed by atoms with Gasteiger partial charge in [-0.15, -0.1) is 0 Å². The fourth-order valence-electron chi connectivity index (χ4n) is 7.52. The van der Waals surface area contributed by atoms with Crippen LogP contribution in [0.1, 0.15) is 0 Å². The molecule has 0 radical (unpaired) electrons. The van der Waals surface area contributed by atoms with Gasteiger partial charge in [-0.3, -0.25) is 4.57 Å². The number of rotatable bonds is 4. The summed E-state index contributed by atoms with van der Waals surface area (Å²) in [6.45, 7) is 0. The molecule has 0 atom stereocenters. The summed E-state index contributed by atoms with van der Waals surface area (Å²) in [5.41, 5.74) is 7.61. The fraction of sp³-hybridized carbons (Fsp3) is 0. The molecule has 8 aromatic carbocycles. The van der Waals surface area contributed by atoms with Crippen LogP contribution in [0.5, 0.6) is 0 Å². The topological polar surface area (TPSA) is 30.7 Å². The van der Waals surface area contributed by atoms with E-state index in [9.17, 15) is 0 Å². The largest absolute Gasteiger partial charge is 0.294 e. The van der Waals surface area contributed by atoms with Gasteiger partial charge in [0.05, 0.1) is 16.7 Å². The van der Waals surface area contributed by atoms with Crippen molar-refractivity contribution >= 4 is 54.1 Å². The zero-order valence-corrected chi connectivity index (χ0v) is 26.6. The molecule has 0 saturated carbocycles. The third-order valence-electron chi connectivity index (χ3n) is 9.78. The van der Waals surface area contributed by atoms with Crippen molar-refractivity contribution in [2.24, 2.45) is 0 Å². The minimum absolute atomic E-state index is 0.703. The fourth-order valence-corrected chi connectivity index (χ4v) is 7.52. The molecule has 0 amide bonds. The van der Waals surface area contributed by atoms with E-state index in [1.165, 1.54) is 54.2 Å². The molecule has 0 aliphatic carbocycles. The Morgan fingerprint density at radius 1 is 0.367 bits per heavy atom. The molecule has 0 fully saturated rings. The molecule has 0 saturated heterocycles. The molecule has 0 aliphatic heterocycles. The maximum atomic E-state index is 5.23. The maximum Gasteiger partial charge on any atom is 0.162 e. The van der Waals surface area contributed by atoms with Crippen molar-refractivity contribution in [3.63, 3.8) is 0 Å². The normalized spacial score (nSPS) is 11.7. The second-order valence-electron chi connectivity index (χ2n) is 12.6. The first kappa shape index (κ1) is 27.5. The van der Waals surface area contributed by atoms with Gasteiger partial charge in [0.15, 0.2) is 5.82 Å². The molecule has 228 valence electrons. The quantitative estimate of drug-likeness (QED) is 0.183. The summed E-state index contributed by atoms with van der Waals surface area (Å²) < 4.78 is 2.31. The number of hydrogen-bond donors (Lipinski definition) is 0. The molecule has 49 heavy (non-hydrogen) atoms. The molecule has 2 heterocycles. The van der Waals surface area contributed by atoms with Gasteiger partial charge in [0.1, 0.15) is 5.82 Å². The molecular weight excluding hydrogens is 595 g/mol. The third-order valence-corrected chi connectivity index (χ3v) is 9.78. The molecule has 3 heteroatoms. The van der Waals surface area contributed by atoms with Crippen molar-refractivity contribution in [2.75, 3.05) is 0 Å². The third kappa shape index (κ3) is 4.44. The minimum atomic E-state index is 0.703. The molecule has 0 unspecified atom stereocenters. The lowest BCUT2D eigenvalue weighted by Crippen LogP contribution is -2.02. The molecule has 2 aromatic heterocycles. The summed E-state index contributed by atoms with van der Waals surface area (Å²) in [4.78, 5) is 10.3. The van der Waals surface area contributed by atoms with Gasteiger partial charge in [0.25, 0.3) is 0 Å². The van der Waals surface area contributed by atoms with E-state index < -0.39 is 0 Å². The van der Waals surface area contributed by atoms with Gasteiger partial charge < -0.3 is 0 Å². The Kier molecular flexibility index (Phi) is 6.18. The number of para-hydroxylation sites is 1. The van der Waals surface area contributed by atoms with E-state index in [4.69, 9.17) is 9.97 Å². The molecular formula is C46H29N3. The Hall–Kier alpha value is -6.58. The van der Waals surface area contributed by atoms with E-state index in [1.807, 2.05) is 24.3 Å². The summed E-state index contributed by atoms with van der Waals surface area (Å²) >= 11 is 0. The predicted octanol–water partition coefficient (Wildman–Crippen LogP) is 12.0. The van der Waals surface area contributed by atoms with Crippen LogP contribution in [0.3, 0.4) is 0 Å². The van der Waals surface area contributed by atoms with Crippen LogP contribution >= 0.6 is 0 Å². The standard InChI is InChI=1S/C46H29N3/c1-3-13-31(14-4-1)41-29-44(48-46(47-41)32-15-5-2-6-16-32)49-42-22-12-11-21-38(42)45-40-28-34(24-23-30(40)25-26-43(45)49)39-27-33-17-7-8-18-35(33)36-19-9-10-20-37(36)39/h1-29H. The van der Waals surface area contributed by atoms with Crippen LogP contribution < -0.4 is 0 Å². The first-order chi connectivity index (χ1) is 24.3. The molecule has 0 N–H and O–H groups in total. The van der Waals surface area contributed by atoms with Crippen molar-refractivity contribution in [3.8, 4) is 39.6 Å². The number of fused-ring (bicyclic) bond motifs is 8. The number of hydrogen-bond acceptors (Lipinski definition) is 2. The molecule has 3 nitrogen and oxygen atoms in total. The first-order valence-corrected chi connectivity index (χ1v) is 16.7. The van der Waals surface area contributed by atoms with Gasteiger partial charge in [-0.05, 0) is 67.7 Å². The Balaban J connectivity index is 1.26. The smallest absolute Gasteiger partial charge is 0.162 e. The Morgan fingerprint density at radius 2 is 1.02 bits per heavy atom. The number of benzene rings is 8. The first-order valence-electron chi connectivity index (χ1n) is 16.7. The highest BCUT2D eigenvalue weighted by Gasteiger charge is 2.19. The van der Waals surface area contributed by atoms with Crippen molar-refractivity contribution in [2.45, 2.75) is 0 Å². The van der Waals surface area contributed by atoms with Crippen LogP contribution in [0.25, 0.3) is 93.7 Å². The van der Waals surface area contributed by atoms with Crippen LogP contribution in [0.4, 0.5) is 0 Å². The van der Waals surface area contributed by atoms with E-state index in [1.54, 1.807) is 0 Å².